The lowest BCUT2D eigenvalue weighted by Crippen LogP contribution is -2.53. The topological polar surface area (TPSA) is 238 Å². The third kappa shape index (κ3) is 27.9. The van der Waals surface area contributed by atoms with E-state index in [1.165, 1.54) is 0 Å². The second kappa shape index (κ2) is 28.1. The Bertz CT molecular complexity index is 2120. The van der Waals surface area contributed by atoms with Crippen molar-refractivity contribution in [2.45, 2.75) is 210 Å². The first kappa shape index (κ1) is 64.1. The van der Waals surface area contributed by atoms with E-state index >= 15 is 0 Å². The summed E-state index contributed by atoms with van der Waals surface area (Å²) in [5.74, 6) is 0.0949. The van der Waals surface area contributed by atoms with Crippen LogP contribution in [0.2, 0.25) is 0 Å². The minimum absolute atomic E-state index is 0.00491. The Morgan fingerprint density at radius 1 is 0.581 bits per heavy atom. The molecule has 74 heavy (non-hydrogen) atoms. The number of carbonyl (C=O) groups excluding carboxylic acids is 6. The maximum absolute atomic E-state index is 14.2. The second-order valence-electron chi connectivity index (χ2n) is 23.7. The van der Waals surface area contributed by atoms with Crippen LogP contribution >= 0.6 is 0 Å². The zero-order valence-corrected chi connectivity index (χ0v) is 47.7. The molecule has 0 aromatic heterocycles. The van der Waals surface area contributed by atoms with Crippen LogP contribution in [-0.2, 0) is 39.8 Å². The van der Waals surface area contributed by atoms with Crippen LogP contribution in [0.5, 0.6) is 0 Å². The van der Waals surface area contributed by atoms with Crippen LogP contribution in [0, 0.1) is 0 Å². The van der Waals surface area contributed by atoms with Gasteiger partial charge in [0.15, 0.2) is 0 Å². The Kier molecular flexibility index (Phi) is 24.3. The van der Waals surface area contributed by atoms with E-state index < -0.39 is 70.2 Å². The first-order valence-electron chi connectivity index (χ1n) is 25.5. The van der Waals surface area contributed by atoms with E-state index in [4.69, 9.17) is 33.2 Å². The summed E-state index contributed by atoms with van der Waals surface area (Å²) < 4.78 is 39.6. The summed E-state index contributed by atoms with van der Waals surface area (Å²) in [5.41, 5.74) is -3.53. The molecule has 2 N–H and O–H groups in total. The Morgan fingerprint density at radius 2 is 1.05 bits per heavy atom. The number of carbonyl (C=O) groups is 6. The number of nitrogens with one attached hydrogen (secondary N) is 2. The predicted octanol–water partition coefficient (Wildman–Crippen LogP) is 11.1. The number of alkyl carbamates (subject to hydrolysis) is 1. The Hall–Kier alpha value is -5.99. The van der Waals surface area contributed by atoms with E-state index in [1.807, 2.05) is 45.0 Å². The summed E-state index contributed by atoms with van der Waals surface area (Å²) in [6.45, 7) is 32.6. The van der Waals surface area contributed by atoms with Crippen molar-refractivity contribution in [3.05, 3.63) is 35.4 Å². The molecule has 1 aliphatic heterocycles. The highest BCUT2D eigenvalue weighted by Crippen LogP contribution is 2.21. The van der Waals surface area contributed by atoms with Gasteiger partial charge < -0.3 is 38.5 Å². The molecule has 0 unspecified atom stereocenters. The van der Waals surface area contributed by atoms with Crippen molar-refractivity contribution in [1.29, 1.82) is 0 Å². The number of amidine groups is 1. The fourth-order valence-electron chi connectivity index (χ4n) is 6.44. The monoisotopic (exact) mass is 1040 g/mol. The lowest BCUT2D eigenvalue weighted by Gasteiger charge is -2.34. The van der Waals surface area contributed by atoms with E-state index in [2.05, 4.69) is 25.6 Å². The van der Waals surface area contributed by atoms with Crippen molar-refractivity contribution in [3.63, 3.8) is 0 Å². The van der Waals surface area contributed by atoms with Gasteiger partial charge in [0.25, 0.3) is 0 Å². The van der Waals surface area contributed by atoms with Crippen LogP contribution < -0.4 is 10.6 Å². The SMILES string of the molecule is CC(C)(C)OC(=O)/N=C(/NCCCCCCCN(C(=O)OC(C)(C)C)/C(=N\C(=O)OC(C)(C)C)N(CCCOCc1ccc(C2=NCCCN2C(=O)OC(C)(C)C)cc1)C(=O)OC(C)(C)C)NC(=O)OC(C)(C)C. The van der Waals surface area contributed by atoms with Crippen LogP contribution in [0.1, 0.15) is 181 Å². The molecular formula is C53H88N8O13. The van der Waals surface area contributed by atoms with Gasteiger partial charge in [0.05, 0.1) is 6.61 Å². The number of unbranched alkanes of at least 4 members (excludes halogenated alkanes) is 4. The van der Waals surface area contributed by atoms with Crippen molar-refractivity contribution >= 4 is 54.3 Å². The molecule has 0 atom stereocenters. The summed E-state index contributed by atoms with van der Waals surface area (Å²) >= 11 is 0. The molecule has 0 fully saturated rings. The Balaban J connectivity index is 2.30. The lowest BCUT2D eigenvalue weighted by atomic mass is 10.1. The highest BCUT2D eigenvalue weighted by Gasteiger charge is 2.36. The van der Waals surface area contributed by atoms with Crippen LogP contribution in [0.4, 0.5) is 28.8 Å². The molecule has 0 bridgehead atoms. The van der Waals surface area contributed by atoms with Crippen molar-refractivity contribution in [2.75, 3.05) is 39.3 Å². The Morgan fingerprint density at radius 3 is 1.57 bits per heavy atom. The molecule has 21 nitrogen and oxygen atoms in total. The zero-order valence-electron chi connectivity index (χ0n) is 47.7. The molecule has 1 heterocycles. The standard InChI is InChI=1S/C53H88N8O13/c1-48(2,3)69-42(62)56-40(57-43(63)70-49(4,5)6)55-30-22-20-19-21-23-32-60(46(66)73-52(13,14)15)41(58-44(64)71-50(7,8)9)61(47(67)74-53(16,17)18)34-25-35-68-36-37-26-28-38(29-27-37)39-54-31-24-33-59(39)45(65)72-51(10,11)12/h26-29H,19-25,30-36H2,1-18H3,(H2,55,56,57,62,63)/b58-41+. The smallest absolute Gasteiger partial charge is 0.437 e. The Labute approximate surface area is 439 Å². The fraction of sp³-hybridized carbons (Fsp3) is 0.717. The van der Waals surface area contributed by atoms with Gasteiger partial charge in [-0.3, -0.25) is 15.2 Å². The van der Waals surface area contributed by atoms with Crippen molar-refractivity contribution in [2.24, 2.45) is 15.0 Å². The summed E-state index contributed by atoms with van der Waals surface area (Å²) in [6.07, 6.45) is -0.920. The van der Waals surface area contributed by atoms with Crippen LogP contribution in [0.25, 0.3) is 0 Å². The van der Waals surface area contributed by atoms with Gasteiger partial charge in [-0.15, -0.1) is 9.98 Å². The normalized spacial score (nSPS) is 14.0. The lowest BCUT2D eigenvalue weighted by molar-refractivity contribution is 0.0257. The molecule has 2 rings (SSSR count). The molecule has 1 aromatic carbocycles. The molecule has 21 heteroatoms. The van der Waals surface area contributed by atoms with Crippen LogP contribution in [0.3, 0.4) is 0 Å². The first-order chi connectivity index (χ1) is 33.9. The van der Waals surface area contributed by atoms with Gasteiger partial charge in [0.1, 0.15) is 39.4 Å². The van der Waals surface area contributed by atoms with E-state index in [0.717, 1.165) is 27.3 Å². The second-order valence-corrected chi connectivity index (χ2v) is 23.7. The van der Waals surface area contributed by atoms with E-state index in [9.17, 15) is 28.8 Å². The molecule has 0 saturated carbocycles. The molecule has 6 amide bonds. The molecule has 0 saturated heterocycles. The van der Waals surface area contributed by atoms with Crippen molar-refractivity contribution in [3.8, 4) is 0 Å². The van der Waals surface area contributed by atoms with Gasteiger partial charge in [-0.1, -0.05) is 43.5 Å². The molecular weight excluding hydrogens is 957 g/mol. The number of nitrogens with zero attached hydrogens (tertiary/aromatic N) is 6. The third-order valence-electron chi connectivity index (χ3n) is 9.18. The largest absolute Gasteiger partial charge is 0.444 e. The van der Waals surface area contributed by atoms with Crippen LogP contribution in [0.15, 0.2) is 39.2 Å². The molecule has 0 spiro atoms. The highest BCUT2D eigenvalue weighted by atomic mass is 16.6. The quantitative estimate of drug-likeness (QED) is 0.0719. The van der Waals surface area contributed by atoms with E-state index in [0.29, 0.717) is 57.6 Å². The average molecular weight is 1050 g/mol. The summed E-state index contributed by atoms with van der Waals surface area (Å²) in [4.78, 5) is 96.5. The molecule has 418 valence electrons. The number of ether oxygens (including phenoxy) is 7. The number of hydrogen-bond acceptors (Lipinski definition) is 14. The average Bonchev–Trinajstić information content (AvgIpc) is 3.20. The maximum Gasteiger partial charge on any atom is 0.437 e. The van der Waals surface area contributed by atoms with E-state index in [1.54, 1.807) is 109 Å². The zero-order chi connectivity index (χ0) is 56.3. The maximum atomic E-state index is 14.2. The highest BCUT2D eigenvalue weighted by molar-refractivity contribution is 6.07. The molecule has 1 aromatic rings. The summed E-state index contributed by atoms with van der Waals surface area (Å²) in [6, 6.07) is 7.53. The van der Waals surface area contributed by atoms with Gasteiger partial charge in [0, 0.05) is 44.9 Å². The number of aliphatic imine (C=N–C) groups is 3. The first-order valence-corrected chi connectivity index (χ1v) is 25.5. The summed E-state index contributed by atoms with van der Waals surface area (Å²) in [5, 5.41) is 5.45. The van der Waals surface area contributed by atoms with Gasteiger partial charge in [-0.2, -0.15) is 0 Å². The van der Waals surface area contributed by atoms with Crippen LogP contribution in [-0.4, -0.2) is 142 Å². The van der Waals surface area contributed by atoms with Gasteiger partial charge in [-0.25, -0.2) is 38.6 Å². The fourth-order valence-corrected chi connectivity index (χ4v) is 6.44. The summed E-state index contributed by atoms with van der Waals surface area (Å²) in [7, 11) is 0. The van der Waals surface area contributed by atoms with Gasteiger partial charge in [0.2, 0.25) is 11.9 Å². The number of amides is 6. The number of rotatable bonds is 15. The third-order valence-corrected chi connectivity index (χ3v) is 9.18. The van der Waals surface area contributed by atoms with Gasteiger partial charge in [-0.05, 0) is 156 Å². The van der Waals surface area contributed by atoms with Crippen molar-refractivity contribution < 1.29 is 61.9 Å². The molecule has 0 radical (unpaired) electrons. The number of hydrogen-bond donors (Lipinski definition) is 2. The number of guanidine groups is 2. The minimum atomic E-state index is -1.04. The van der Waals surface area contributed by atoms with Crippen molar-refractivity contribution in [1.82, 2.24) is 25.3 Å². The molecule has 0 aliphatic carbocycles. The minimum Gasteiger partial charge on any atom is -0.444 e. The van der Waals surface area contributed by atoms with Gasteiger partial charge >= 0.3 is 36.6 Å². The molecule has 1 aliphatic rings. The predicted molar refractivity (Wildman–Crippen MR) is 283 cm³/mol. The number of benzene rings is 1. The van der Waals surface area contributed by atoms with E-state index in [-0.39, 0.29) is 44.6 Å².